The van der Waals surface area contributed by atoms with Crippen LogP contribution in [-0.2, 0) is 13.0 Å². The molecule has 1 saturated carbocycles. The Kier molecular flexibility index (Phi) is 3.88. The smallest absolute Gasteiger partial charge is 0.264 e. The molecule has 0 bridgehead atoms. The molecule has 1 aromatic carbocycles. The Bertz CT molecular complexity index is 586. The van der Waals surface area contributed by atoms with Crippen LogP contribution in [0.3, 0.4) is 0 Å². The van der Waals surface area contributed by atoms with Crippen LogP contribution in [0, 0.1) is 0 Å². The summed E-state index contributed by atoms with van der Waals surface area (Å²) in [5.74, 6) is 0.211. The van der Waals surface area contributed by atoms with Gasteiger partial charge in [-0.1, -0.05) is 37.3 Å². The number of hydrogen-bond acceptors (Lipinski definition) is 2. The van der Waals surface area contributed by atoms with Gasteiger partial charge in [0.2, 0.25) is 0 Å². The Labute approximate surface area is 124 Å². The molecule has 104 valence electrons. The van der Waals surface area contributed by atoms with E-state index >= 15 is 0 Å². The van der Waals surface area contributed by atoms with Gasteiger partial charge in [0.1, 0.15) is 0 Å². The van der Waals surface area contributed by atoms with Crippen LogP contribution in [0.5, 0.6) is 0 Å². The fourth-order valence-electron chi connectivity index (χ4n) is 2.47. The van der Waals surface area contributed by atoms with Crippen molar-refractivity contribution in [3.8, 4) is 0 Å². The van der Waals surface area contributed by atoms with Gasteiger partial charge in [-0.05, 0) is 41.8 Å². The molecule has 0 spiro atoms. The number of hydrogen-bond donors (Lipinski definition) is 0. The maximum atomic E-state index is 12.8. The quantitative estimate of drug-likeness (QED) is 0.809. The van der Waals surface area contributed by atoms with Gasteiger partial charge in [0.05, 0.1) is 4.88 Å². The standard InChI is InChI=1S/C17H19NOS/c1-2-14-10-11-20-16(14)17(19)18(15-8-9-15)12-13-6-4-3-5-7-13/h3-7,10-11,15H,2,8-9,12H2,1H3. The number of rotatable bonds is 5. The lowest BCUT2D eigenvalue weighted by atomic mass is 10.1. The Balaban J connectivity index is 1.82. The maximum absolute atomic E-state index is 12.8. The third-order valence-corrected chi connectivity index (χ3v) is 4.71. The molecule has 20 heavy (non-hydrogen) atoms. The SMILES string of the molecule is CCc1ccsc1C(=O)N(Cc1ccccc1)C1CC1. The summed E-state index contributed by atoms with van der Waals surface area (Å²) in [6, 6.07) is 12.8. The van der Waals surface area contributed by atoms with Crippen LogP contribution in [0.25, 0.3) is 0 Å². The zero-order valence-electron chi connectivity index (χ0n) is 11.7. The second-order valence-corrected chi connectivity index (χ2v) is 6.19. The van der Waals surface area contributed by atoms with Crippen molar-refractivity contribution in [3.05, 3.63) is 57.8 Å². The minimum absolute atomic E-state index is 0.211. The fraction of sp³-hybridized carbons (Fsp3) is 0.353. The van der Waals surface area contributed by atoms with Crippen molar-refractivity contribution >= 4 is 17.2 Å². The van der Waals surface area contributed by atoms with Crippen molar-refractivity contribution in [1.29, 1.82) is 0 Å². The average molecular weight is 285 g/mol. The van der Waals surface area contributed by atoms with E-state index in [9.17, 15) is 4.79 Å². The first-order valence-corrected chi connectivity index (χ1v) is 8.09. The van der Waals surface area contributed by atoms with Crippen molar-refractivity contribution in [1.82, 2.24) is 4.90 Å². The highest BCUT2D eigenvalue weighted by molar-refractivity contribution is 7.12. The number of aryl methyl sites for hydroxylation is 1. The molecule has 0 aliphatic heterocycles. The van der Waals surface area contributed by atoms with Gasteiger partial charge in [-0.15, -0.1) is 11.3 Å². The number of carbonyl (C=O) groups excluding carboxylic acids is 1. The van der Waals surface area contributed by atoms with Gasteiger partial charge in [0, 0.05) is 12.6 Å². The van der Waals surface area contributed by atoms with Gasteiger partial charge >= 0.3 is 0 Å². The molecule has 0 unspecified atom stereocenters. The first-order valence-electron chi connectivity index (χ1n) is 7.21. The van der Waals surface area contributed by atoms with E-state index in [2.05, 4.69) is 30.0 Å². The first kappa shape index (κ1) is 13.4. The van der Waals surface area contributed by atoms with Crippen molar-refractivity contribution in [2.24, 2.45) is 0 Å². The number of thiophene rings is 1. The van der Waals surface area contributed by atoms with Gasteiger partial charge in [-0.25, -0.2) is 0 Å². The molecule has 2 nitrogen and oxygen atoms in total. The summed E-state index contributed by atoms with van der Waals surface area (Å²) in [4.78, 5) is 15.8. The zero-order chi connectivity index (χ0) is 13.9. The molecular formula is C17H19NOS. The number of benzene rings is 1. The monoisotopic (exact) mass is 285 g/mol. The number of nitrogens with zero attached hydrogens (tertiary/aromatic N) is 1. The van der Waals surface area contributed by atoms with Crippen LogP contribution in [0.1, 0.15) is 40.6 Å². The van der Waals surface area contributed by atoms with Crippen LogP contribution in [0.2, 0.25) is 0 Å². The predicted octanol–water partition coefficient (Wildman–Crippen LogP) is 4.12. The fourth-order valence-corrected chi connectivity index (χ4v) is 3.42. The third-order valence-electron chi connectivity index (χ3n) is 3.77. The van der Waals surface area contributed by atoms with Crippen LogP contribution in [0.15, 0.2) is 41.8 Å². The van der Waals surface area contributed by atoms with E-state index < -0.39 is 0 Å². The minimum atomic E-state index is 0.211. The lowest BCUT2D eigenvalue weighted by Crippen LogP contribution is -2.32. The summed E-state index contributed by atoms with van der Waals surface area (Å²) < 4.78 is 0. The predicted molar refractivity (Wildman–Crippen MR) is 83.0 cm³/mol. The summed E-state index contributed by atoms with van der Waals surface area (Å²) >= 11 is 1.58. The summed E-state index contributed by atoms with van der Waals surface area (Å²) in [6.45, 7) is 2.84. The van der Waals surface area contributed by atoms with Crippen LogP contribution in [-0.4, -0.2) is 16.8 Å². The Morgan fingerprint density at radius 3 is 2.65 bits per heavy atom. The summed E-state index contributed by atoms with van der Waals surface area (Å²) in [5, 5.41) is 2.03. The third kappa shape index (κ3) is 2.78. The number of carbonyl (C=O) groups is 1. The lowest BCUT2D eigenvalue weighted by molar-refractivity contribution is 0.0734. The van der Waals surface area contributed by atoms with Crippen LogP contribution >= 0.6 is 11.3 Å². The molecule has 1 amide bonds. The molecule has 0 radical (unpaired) electrons. The van der Waals surface area contributed by atoms with Crippen LogP contribution < -0.4 is 0 Å². The second-order valence-electron chi connectivity index (χ2n) is 5.28. The van der Waals surface area contributed by atoms with Crippen molar-refractivity contribution < 1.29 is 4.79 Å². The van der Waals surface area contributed by atoms with E-state index in [1.165, 1.54) is 11.1 Å². The Morgan fingerprint density at radius 2 is 2.00 bits per heavy atom. The summed E-state index contributed by atoms with van der Waals surface area (Å²) in [7, 11) is 0. The van der Waals surface area contributed by atoms with E-state index in [1.807, 2.05) is 23.6 Å². The molecule has 1 aromatic heterocycles. The molecular weight excluding hydrogens is 266 g/mol. The largest absolute Gasteiger partial charge is 0.331 e. The highest BCUT2D eigenvalue weighted by atomic mass is 32.1. The molecule has 2 aromatic rings. The van der Waals surface area contributed by atoms with Gasteiger partial charge in [-0.3, -0.25) is 4.79 Å². The molecule has 0 N–H and O–H groups in total. The normalized spacial score (nSPS) is 14.2. The van der Waals surface area contributed by atoms with Gasteiger partial charge in [0.15, 0.2) is 0 Å². The van der Waals surface area contributed by atoms with E-state index in [-0.39, 0.29) is 5.91 Å². The van der Waals surface area contributed by atoms with E-state index in [0.29, 0.717) is 6.04 Å². The van der Waals surface area contributed by atoms with Crippen LogP contribution in [0.4, 0.5) is 0 Å². The molecule has 1 fully saturated rings. The molecule has 1 aliphatic carbocycles. The van der Waals surface area contributed by atoms with Gasteiger partial charge in [-0.2, -0.15) is 0 Å². The average Bonchev–Trinajstić information content (AvgIpc) is 3.21. The van der Waals surface area contributed by atoms with Crippen molar-refractivity contribution in [3.63, 3.8) is 0 Å². The Morgan fingerprint density at radius 1 is 1.25 bits per heavy atom. The van der Waals surface area contributed by atoms with Crippen molar-refractivity contribution in [2.45, 2.75) is 38.8 Å². The van der Waals surface area contributed by atoms with Gasteiger partial charge < -0.3 is 4.90 Å². The lowest BCUT2D eigenvalue weighted by Gasteiger charge is -2.22. The number of amides is 1. The summed E-state index contributed by atoms with van der Waals surface area (Å²) in [6.07, 6.45) is 3.21. The van der Waals surface area contributed by atoms with E-state index in [1.54, 1.807) is 11.3 Å². The minimum Gasteiger partial charge on any atom is -0.331 e. The van der Waals surface area contributed by atoms with Crippen molar-refractivity contribution in [2.75, 3.05) is 0 Å². The molecule has 0 saturated heterocycles. The molecule has 0 atom stereocenters. The second kappa shape index (κ2) is 5.80. The topological polar surface area (TPSA) is 20.3 Å². The molecule has 3 heteroatoms. The highest BCUT2D eigenvalue weighted by Crippen LogP contribution is 2.31. The highest BCUT2D eigenvalue weighted by Gasteiger charge is 2.34. The van der Waals surface area contributed by atoms with E-state index in [4.69, 9.17) is 0 Å². The molecule has 1 heterocycles. The van der Waals surface area contributed by atoms with E-state index in [0.717, 1.165) is 30.7 Å². The molecule has 3 rings (SSSR count). The zero-order valence-corrected chi connectivity index (χ0v) is 12.5. The first-order chi connectivity index (χ1) is 9.79. The molecule has 1 aliphatic rings. The Hall–Kier alpha value is -1.61. The summed E-state index contributed by atoms with van der Waals surface area (Å²) in [5.41, 5.74) is 2.39. The van der Waals surface area contributed by atoms with Gasteiger partial charge in [0.25, 0.3) is 5.91 Å². The maximum Gasteiger partial charge on any atom is 0.264 e.